The number of hydrogen-bond donors (Lipinski definition) is 2. The molecule has 3 atom stereocenters. The Bertz CT molecular complexity index is 1120. The Labute approximate surface area is 228 Å². The van der Waals surface area contributed by atoms with E-state index in [9.17, 15) is 4.79 Å². The van der Waals surface area contributed by atoms with Crippen LogP contribution >= 0.6 is 22.6 Å². The van der Waals surface area contributed by atoms with Crippen LogP contribution in [0.3, 0.4) is 0 Å². The summed E-state index contributed by atoms with van der Waals surface area (Å²) in [4.78, 5) is 22.4. The SMILES string of the molecule is CN=CC(=CN)c1cc(OC)cc([C@@H](C)NC(=O)c2cc(N3C[C@@H](C)N(CI)[C@@H](C)C3)ccc2C)c1. The average Bonchev–Trinajstić information content (AvgIpc) is 2.86. The number of benzene rings is 2. The van der Waals surface area contributed by atoms with E-state index in [-0.39, 0.29) is 11.9 Å². The molecule has 8 heteroatoms. The topological polar surface area (TPSA) is 83.2 Å². The number of piperazine rings is 1. The van der Waals surface area contributed by atoms with Gasteiger partial charge in [-0.1, -0.05) is 28.7 Å². The first-order valence-electron chi connectivity index (χ1n) is 12.2. The minimum atomic E-state index is -0.237. The summed E-state index contributed by atoms with van der Waals surface area (Å²) in [6.07, 6.45) is 3.23. The fraction of sp³-hybridized carbons (Fsp3) is 0.429. The molecule has 0 unspecified atom stereocenters. The zero-order valence-corrected chi connectivity index (χ0v) is 24.2. The van der Waals surface area contributed by atoms with Crippen molar-refractivity contribution >= 4 is 46.0 Å². The number of anilines is 1. The highest BCUT2D eigenvalue weighted by Crippen LogP contribution is 2.28. The van der Waals surface area contributed by atoms with E-state index in [2.05, 4.69) is 62.6 Å². The number of alkyl halides is 1. The summed E-state index contributed by atoms with van der Waals surface area (Å²) in [5.74, 6) is 0.599. The van der Waals surface area contributed by atoms with E-state index >= 15 is 0 Å². The standard InChI is InChI=1S/C28H38IN5O2/c1-18-7-8-25(33-15-19(2)34(17-29)20(3)16-33)12-27(18)28(35)32-21(4)22-9-23(11-26(10-22)36-6)24(13-30)14-31-5/h7-14,19-21H,15-17,30H2,1-6H3,(H,32,35)/t19-,20+,21-/m1/s1. The molecule has 0 bridgehead atoms. The predicted octanol–water partition coefficient (Wildman–Crippen LogP) is 4.79. The van der Waals surface area contributed by atoms with Gasteiger partial charge in [0.1, 0.15) is 5.75 Å². The number of nitrogens with two attached hydrogens (primary N) is 1. The molecule has 1 aliphatic rings. The van der Waals surface area contributed by atoms with Crippen LogP contribution in [0.5, 0.6) is 5.75 Å². The minimum absolute atomic E-state index is 0.0945. The van der Waals surface area contributed by atoms with Crippen molar-refractivity contribution in [2.75, 3.05) is 36.7 Å². The van der Waals surface area contributed by atoms with Crippen LogP contribution in [0.1, 0.15) is 53.9 Å². The third kappa shape index (κ3) is 6.39. The number of ether oxygens (including phenoxy) is 1. The monoisotopic (exact) mass is 603 g/mol. The van der Waals surface area contributed by atoms with Gasteiger partial charge < -0.3 is 20.7 Å². The first kappa shape index (κ1) is 28.0. The van der Waals surface area contributed by atoms with Gasteiger partial charge in [0.25, 0.3) is 5.91 Å². The Morgan fingerprint density at radius 3 is 2.53 bits per heavy atom. The van der Waals surface area contributed by atoms with Gasteiger partial charge in [-0.15, -0.1) is 0 Å². The van der Waals surface area contributed by atoms with Gasteiger partial charge >= 0.3 is 0 Å². The molecule has 1 amide bonds. The van der Waals surface area contributed by atoms with Crippen LogP contribution < -0.4 is 20.7 Å². The van der Waals surface area contributed by atoms with Crippen molar-refractivity contribution in [3.63, 3.8) is 0 Å². The third-order valence-electron chi connectivity index (χ3n) is 6.86. The lowest BCUT2D eigenvalue weighted by Crippen LogP contribution is -2.56. The molecule has 194 valence electrons. The van der Waals surface area contributed by atoms with Crippen LogP contribution in [0, 0.1) is 6.92 Å². The third-order valence-corrected chi connectivity index (χ3v) is 7.65. The molecule has 3 N–H and O–H groups in total. The van der Waals surface area contributed by atoms with Gasteiger partial charge in [0.05, 0.1) is 17.7 Å². The first-order chi connectivity index (χ1) is 17.2. The zero-order chi connectivity index (χ0) is 26.4. The molecule has 1 saturated heterocycles. The number of methoxy groups -OCH3 is 1. The number of nitrogens with one attached hydrogen (secondary N) is 1. The normalized spacial score (nSPS) is 20.0. The van der Waals surface area contributed by atoms with E-state index in [0.29, 0.717) is 23.4 Å². The average molecular weight is 604 g/mol. The van der Waals surface area contributed by atoms with Crippen molar-refractivity contribution in [1.29, 1.82) is 0 Å². The second kappa shape index (κ2) is 12.6. The molecule has 1 fully saturated rings. The first-order valence-corrected chi connectivity index (χ1v) is 13.8. The Balaban J connectivity index is 1.83. The molecule has 0 radical (unpaired) electrons. The summed E-state index contributed by atoms with van der Waals surface area (Å²) in [6.45, 7) is 10.4. The molecule has 0 spiro atoms. The molecule has 2 aromatic rings. The predicted molar refractivity (Wildman–Crippen MR) is 158 cm³/mol. The molecular weight excluding hydrogens is 565 g/mol. The molecule has 0 aliphatic carbocycles. The number of rotatable bonds is 8. The summed E-state index contributed by atoms with van der Waals surface area (Å²) in [7, 11) is 3.33. The van der Waals surface area contributed by atoms with Gasteiger partial charge in [-0.05, 0) is 74.7 Å². The Morgan fingerprint density at radius 2 is 1.94 bits per heavy atom. The lowest BCUT2D eigenvalue weighted by molar-refractivity contribution is 0.0939. The number of nitrogens with zero attached hydrogens (tertiary/aromatic N) is 3. The quantitative estimate of drug-likeness (QED) is 0.196. The lowest BCUT2D eigenvalue weighted by Gasteiger charge is -2.44. The van der Waals surface area contributed by atoms with Gasteiger partial charge in [0.15, 0.2) is 0 Å². The van der Waals surface area contributed by atoms with Crippen molar-refractivity contribution in [2.45, 2.75) is 45.8 Å². The molecule has 1 aliphatic heterocycles. The summed E-state index contributed by atoms with van der Waals surface area (Å²) < 4.78 is 6.53. The molecule has 1 heterocycles. The lowest BCUT2D eigenvalue weighted by atomic mass is 9.99. The number of aliphatic imine (C=N–C) groups is 1. The molecule has 0 aromatic heterocycles. The second-order valence-electron chi connectivity index (χ2n) is 9.44. The summed E-state index contributed by atoms with van der Waals surface area (Å²) in [5.41, 5.74) is 11.1. The van der Waals surface area contributed by atoms with Gasteiger partial charge in [0, 0.05) is 61.5 Å². The number of halogens is 1. The number of allylic oxidation sites excluding steroid dienone is 1. The molecule has 36 heavy (non-hydrogen) atoms. The second-order valence-corrected chi connectivity index (χ2v) is 10.1. The highest BCUT2D eigenvalue weighted by Gasteiger charge is 2.29. The summed E-state index contributed by atoms with van der Waals surface area (Å²) in [5, 5.41) is 3.18. The van der Waals surface area contributed by atoms with Gasteiger partial charge in [-0.25, -0.2) is 0 Å². The van der Waals surface area contributed by atoms with E-state index in [4.69, 9.17) is 10.5 Å². The van der Waals surface area contributed by atoms with Crippen molar-refractivity contribution in [2.24, 2.45) is 10.7 Å². The van der Waals surface area contributed by atoms with Crippen LogP contribution in [0.15, 0.2) is 47.6 Å². The highest BCUT2D eigenvalue weighted by molar-refractivity contribution is 14.1. The van der Waals surface area contributed by atoms with Crippen molar-refractivity contribution in [3.05, 3.63) is 64.9 Å². The molecule has 3 rings (SSSR count). The van der Waals surface area contributed by atoms with E-state index in [0.717, 1.165) is 45.6 Å². The summed E-state index contributed by atoms with van der Waals surface area (Å²) in [6, 6.07) is 12.7. The fourth-order valence-corrected chi connectivity index (χ4v) is 6.07. The number of carbonyl (C=O) groups excluding carboxylic acids is 1. The number of aryl methyl sites for hydroxylation is 1. The zero-order valence-electron chi connectivity index (χ0n) is 22.1. The molecular formula is C28H38IN5O2. The highest BCUT2D eigenvalue weighted by atomic mass is 127. The van der Waals surface area contributed by atoms with Crippen molar-refractivity contribution in [1.82, 2.24) is 10.2 Å². The van der Waals surface area contributed by atoms with Crippen LogP contribution in [0.25, 0.3) is 5.57 Å². The van der Waals surface area contributed by atoms with Crippen LogP contribution in [-0.2, 0) is 0 Å². The maximum Gasteiger partial charge on any atom is 0.252 e. The van der Waals surface area contributed by atoms with Gasteiger partial charge in [-0.2, -0.15) is 0 Å². The maximum absolute atomic E-state index is 13.4. The molecule has 0 saturated carbocycles. The summed E-state index contributed by atoms with van der Waals surface area (Å²) >= 11 is 2.44. The van der Waals surface area contributed by atoms with Crippen molar-refractivity contribution in [3.8, 4) is 5.75 Å². The smallest absolute Gasteiger partial charge is 0.252 e. The van der Waals surface area contributed by atoms with E-state index in [1.165, 1.54) is 6.20 Å². The number of hydrogen-bond acceptors (Lipinski definition) is 6. The maximum atomic E-state index is 13.4. The van der Waals surface area contributed by atoms with E-state index < -0.39 is 0 Å². The number of carbonyl (C=O) groups is 1. The Morgan fingerprint density at radius 1 is 1.25 bits per heavy atom. The van der Waals surface area contributed by atoms with Gasteiger partial charge in [0.2, 0.25) is 0 Å². The van der Waals surface area contributed by atoms with Crippen LogP contribution in [0.2, 0.25) is 0 Å². The fourth-order valence-electron chi connectivity index (χ4n) is 4.72. The molecule has 2 aromatic carbocycles. The van der Waals surface area contributed by atoms with Crippen LogP contribution in [-0.4, -0.2) is 60.9 Å². The Hall–Kier alpha value is -2.59. The van der Waals surface area contributed by atoms with E-state index in [1.807, 2.05) is 44.2 Å². The van der Waals surface area contributed by atoms with Crippen LogP contribution in [0.4, 0.5) is 5.69 Å². The van der Waals surface area contributed by atoms with Gasteiger partial charge in [-0.3, -0.25) is 14.7 Å². The molecule has 7 nitrogen and oxygen atoms in total. The van der Waals surface area contributed by atoms with Crippen molar-refractivity contribution < 1.29 is 9.53 Å². The Kier molecular flexibility index (Phi) is 9.78. The number of amides is 1. The largest absolute Gasteiger partial charge is 0.497 e. The van der Waals surface area contributed by atoms with E-state index in [1.54, 1.807) is 20.4 Å². The minimum Gasteiger partial charge on any atom is -0.497 e.